The highest BCUT2D eigenvalue weighted by atomic mass is 16.5. The quantitative estimate of drug-likeness (QED) is 0.463. The number of rotatable bonds is 5. The first-order valence-corrected chi connectivity index (χ1v) is 9.84. The van der Waals surface area contributed by atoms with Crippen LogP contribution in [0.2, 0.25) is 0 Å². The first-order valence-electron chi connectivity index (χ1n) is 9.84. The lowest BCUT2D eigenvalue weighted by molar-refractivity contribution is 0.415. The topological polar surface area (TPSA) is 82.2 Å². The average molecular weight is 411 g/mol. The van der Waals surface area contributed by atoms with Crippen LogP contribution in [0.4, 0.5) is 11.4 Å². The molecule has 0 fully saturated rings. The van der Waals surface area contributed by atoms with Crippen LogP contribution in [0.5, 0.6) is 5.75 Å². The molecule has 0 aliphatic carbocycles. The number of nitrogens with one attached hydrogen (secondary N) is 1. The maximum atomic E-state index is 5.37. The standard InChI is InChI=1S/C23H21N7O/c1-15-13-29(14-26-15)23-24-11-18(12-25-23)27-20-8-5-9-30-16(2)21(28-22(20)30)17-6-4-7-19(10-17)31-3/h4-14,27H,1-3H3. The summed E-state index contributed by atoms with van der Waals surface area (Å²) in [4.78, 5) is 18.0. The van der Waals surface area contributed by atoms with Gasteiger partial charge in [-0.05, 0) is 38.1 Å². The summed E-state index contributed by atoms with van der Waals surface area (Å²) in [5.41, 5.74) is 6.36. The molecule has 31 heavy (non-hydrogen) atoms. The molecular formula is C23H21N7O. The van der Waals surface area contributed by atoms with Crippen LogP contribution in [0.25, 0.3) is 22.9 Å². The Kier molecular flexibility index (Phi) is 4.59. The smallest absolute Gasteiger partial charge is 0.234 e. The molecule has 0 atom stereocenters. The van der Waals surface area contributed by atoms with Gasteiger partial charge in [0.05, 0.1) is 42.3 Å². The van der Waals surface area contributed by atoms with Gasteiger partial charge in [-0.1, -0.05) is 12.1 Å². The van der Waals surface area contributed by atoms with Gasteiger partial charge in [-0.25, -0.2) is 19.9 Å². The number of pyridine rings is 1. The van der Waals surface area contributed by atoms with E-state index in [4.69, 9.17) is 9.72 Å². The zero-order valence-corrected chi connectivity index (χ0v) is 17.4. The Bertz CT molecular complexity index is 1370. The lowest BCUT2D eigenvalue weighted by Gasteiger charge is -2.08. The van der Waals surface area contributed by atoms with Gasteiger partial charge in [-0.2, -0.15) is 0 Å². The van der Waals surface area contributed by atoms with E-state index in [1.165, 1.54) is 0 Å². The van der Waals surface area contributed by atoms with Crippen molar-refractivity contribution in [3.8, 4) is 23.0 Å². The molecule has 0 amide bonds. The highest BCUT2D eigenvalue weighted by molar-refractivity contribution is 5.78. The van der Waals surface area contributed by atoms with Gasteiger partial charge in [0.2, 0.25) is 5.95 Å². The highest BCUT2D eigenvalue weighted by Gasteiger charge is 2.14. The summed E-state index contributed by atoms with van der Waals surface area (Å²) in [6.45, 7) is 3.99. The first kappa shape index (κ1) is 18.8. The van der Waals surface area contributed by atoms with E-state index in [1.807, 2.05) is 55.7 Å². The van der Waals surface area contributed by atoms with Crippen LogP contribution in [-0.2, 0) is 0 Å². The minimum absolute atomic E-state index is 0.571. The zero-order valence-electron chi connectivity index (χ0n) is 17.4. The van der Waals surface area contributed by atoms with Crippen LogP contribution in [0.3, 0.4) is 0 Å². The number of fused-ring (bicyclic) bond motifs is 1. The van der Waals surface area contributed by atoms with E-state index >= 15 is 0 Å². The molecule has 8 nitrogen and oxygen atoms in total. The molecule has 0 saturated heterocycles. The molecule has 1 N–H and O–H groups in total. The normalized spacial score (nSPS) is 11.1. The van der Waals surface area contributed by atoms with E-state index in [0.29, 0.717) is 5.95 Å². The number of nitrogens with zero attached hydrogens (tertiary/aromatic N) is 6. The monoisotopic (exact) mass is 411 g/mol. The second-order valence-electron chi connectivity index (χ2n) is 7.21. The zero-order chi connectivity index (χ0) is 21.4. The van der Waals surface area contributed by atoms with Crippen LogP contribution in [0.1, 0.15) is 11.4 Å². The predicted molar refractivity (Wildman–Crippen MR) is 119 cm³/mol. The molecule has 4 aromatic heterocycles. The number of anilines is 2. The molecule has 0 radical (unpaired) electrons. The summed E-state index contributed by atoms with van der Waals surface area (Å²) < 4.78 is 9.23. The van der Waals surface area contributed by atoms with Crippen LogP contribution < -0.4 is 10.1 Å². The van der Waals surface area contributed by atoms with E-state index in [1.54, 1.807) is 30.4 Å². The summed E-state index contributed by atoms with van der Waals surface area (Å²) >= 11 is 0. The third kappa shape index (κ3) is 3.48. The van der Waals surface area contributed by atoms with E-state index in [9.17, 15) is 0 Å². The summed E-state index contributed by atoms with van der Waals surface area (Å²) in [7, 11) is 1.67. The van der Waals surface area contributed by atoms with E-state index < -0.39 is 0 Å². The fourth-order valence-electron chi connectivity index (χ4n) is 3.53. The number of imidazole rings is 2. The van der Waals surface area contributed by atoms with Crippen molar-refractivity contribution in [3.63, 3.8) is 0 Å². The van der Waals surface area contributed by atoms with Crippen molar-refractivity contribution in [2.75, 3.05) is 12.4 Å². The molecule has 4 heterocycles. The molecule has 0 aliphatic rings. The van der Waals surface area contributed by atoms with Gasteiger partial charge in [-0.3, -0.25) is 4.57 Å². The molecule has 0 bridgehead atoms. The third-order valence-corrected chi connectivity index (χ3v) is 5.09. The Morgan fingerprint density at radius 3 is 2.58 bits per heavy atom. The first-order chi connectivity index (χ1) is 15.1. The maximum Gasteiger partial charge on any atom is 0.234 e. The molecule has 5 rings (SSSR count). The Morgan fingerprint density at radius 2 is 1.84 bits per heavy atom. The maximum absolute atomic E-state index is 5.37. The number of methoxy groups -OCH3 is 1. The van der Waals surface area contributed by atoms with Gasteiger partial charge in [0.1, 0.15) is 12.1 Å². The lowest BCUT2D eigenvalue weighted by atomic mass is 10.1. The summed E-state index contributed by atoms with van der Waals surface area (Å²) in [6.07, 6.45) is 9.09. The highest BCUT2D eigenvalue weighted by Crippen LogP contribution is 2.30. The number of benzene rings is 1. The molecule has 5 aromatic rings. The van der Waals surface area contributed by atoms with Crippen LogP contribution in [-0.4, -0.2) is 36.0 Å². The Labute approximate surface area is 179 Å². The van der Waals surface area contributed by atoms with Gasteiger partial charge in [-0.15, -0.1) is 0 Å². The number of hydrogen-bond donors (Lipinski definition) is 1. The van der Waals surface area contributed by atoms with E-state index in [-0.39, 0.29) is 0 Å². The second-order valence-corrected chi connectivity index (χ2v) is 7.21. The van der Waals surface area contributed by atoms with Gasteiger partial charge in [0, 0.05) is 23.7 Å². The number of hydrogen-bond acceptors (Lipinski definition) is 6. The predicted octanol–water partition coefficient (Wildman–Crippen LogP) is 4.35. The van der Waals surface area contributed by atoms with E-state index in [2.05, 4.69) is 31.6 Å². The lowest BCUT2D eigenvalue weighted by Crippen LogP contribution is -2.01. The Balaban J connectivity index is 1.49. The molecule has 154 valence electrons. The fourth-order valence-corrected chi connectivity index (χ4v) is 3.53. The van der Waals surface area contributed by atoms with Crippen molar-refractivity contribution in [3.05, 3.63) is 78.9 Å². The van der Waals surface area contributed by atoms with Crippen LogP contribution in [0, 0.1) is 13.8 Å². The minimum Gasteiger partial charge on any atom is -0.497 e. The molecule has 1 aromatic carbocycles. The fraction of sp³-hybridized carbons (Fsp3) is 0.130. The molecule has 8 heteroatoms. The van der Waals surface area contributed by atoms with Crippen molar-refractivity contribution in [1.29, 1.82) is 0 Å². The van der Waals surface area contributed by atoms with Gasteiger partial charge in [0.25, 0.3) is 0 Å². The molecular weight excluding hydrogens is 390 g/mol. The summed E-state index contributed by atoms with van der Waals surface area (Å²) in [5.74, 6) is 1.37. The third-order valence-electron chi connectivity index (χ3n) is 5.09. The van der Waals surface area contributed by atoms with Crippen LogP contribution in [0.15, 0.2) is 67.5 Å². The van der Waals surface area contributed by atoms with Crippen molar-refractivity contribution < 1.29 is 4.74 Å². The number of aryl methyl sites for hydroxylation is 2. The minimum atomic E-state index is 0.571. The number of aromatic nitrogens is 6. The Hall–Kier alpha value is -4.20. The van der Waals surface area contributed by atoms with E-state index in [0.717, 1.165) is 45.4 Å². The largest absolute Gasteiger partial charge is 0.497 e. The van der Waals surface area contributed by atoms with Crippen LogP contribution >= 0.6 is 0 Å². The van der Waals surface area contributed by atoms with Gasteiger partial charge >= 0.3 is 0 Å². The van der Waals surface area contributed by atoms with Crippen molar-refractivity contribution in [2.24, 2.45) is 0 Å². The summed E-state index contributed by atoms with van der Waals surface area (Å²) in [5, 5.41) is 3.39. The summed E-state index contributed by atoms with van der Waals surface area (Å²) in [6, 6.07) is 11.9. The van der Waals surface area contributed by atoms with Crippen molar-refractivity contribution in [2.45, 2.75) is 13.8 Å². The van der Waals surface area contributed by atoms with Gasteiger partial charge < -0.3 is 14.5 Å². The second kappa shape index (κ2) is 7.56. The molecule has 0 saturated carbocycles. The SMILES string of the molecule is COc1cccc(-c2nc3c(Nc4cnc(-n5cnc(C)c5)nc4)cccn3c2C)c1. The van der Waals surface area contributed by atoms with Gasteiger partial charge in [0.15, 0.2) is 5.65 Å². The average Bonchev–Trinajstić information content (AvgIpc) is 3.38. The van der Waals surface area contributed by atoms with Crippen molar-refractivity contribution in [1.82, 2.24) is 28.9 Å². The van der Waals surface area contributed by atoms with Crippen molar-refractivity contribution >= 4 is 17.0 Å². The molecule has 0 unspecified atom stereocenters. The number of ether oxygens (including phenoxy) is 1. The molecule has 0 aliphatic heterocycles. The Morgan fingerprint density at radius 1 is 1.00 bits per heavy atom. The molecule has 0 spiro atoms.